The second-order valence-corrected chi connectivity index (χ2v) is 9.53. The number of likely N-dealkylation sites (tertiary alicyclic amines) is 1. The molecule has 144 valence electrons. The number of hydrogen-bond donors (Lipinski definition) is 0. The molecule has 1 aliphatic carbocycles. The Morgan fingerprint density at radius 2 is 1.77 bits per heavy atom. The van der Waals surface area contributed by atoms with Crippen LogP contribution in [0, 0.1) is 5.41 Å². The minimum absolute atomic E-state index is 0.316. The topological polar surface area (TPSA) is 16.1 Å². The highest BCUT2D eigenvalue weighted by molar-refractivity contribution is 7.99. The molecule has 0 N–H and O–H groups in total. The fraction of sp³-hybridized carbons (Fsp3) is 0.750. The molecule has 1 aromatic rings. The number of alkyl halides is 3. The number of nitrogens with zero attached hydrogens (tertiary/aromatic N) is 2. The first-order chi connectivity index (χ1) is 12.5. The Hall–Kier alpha value is -0.750. The molecule has 1 saturated carbocycles. The molecule has 1 spiro atoms. The Morgan fingerprint density at radius 1 is 1.04 bits per heavy atom. The van der Waals surface area contributed by atoms with Gasteiger partial charge in [-0.1, -0.05) is 0 Å². The predicted molar refractivity (Wildman–Crippen MR) is 99.4 cm³/mol. The lowest BCUT2D eigenvalue weighted by atomic mass is 9.80. The molecule has 0 radical (unpaired) electrons. The van der Waals surface area contributed by atoms with Crippen LogP contribution in [0.15, 0.2) is 18.3 Å². The molecule has 0 atom stereocenters. The Balaban J connectivity index is 1.32. The summed E-state index contributed by atoms with van der Waals surface area (Å²) in [4.78, 5) is 6.84. The highest BCUT2D eigenvalue weighted by atomic mass is 32.2. The van der Waals surface area contributed by atoms with Crippen molar-refractivity contribution in [2.45, 2.75) is 63.1 Å². The van der Waals surface area contributed by atoms with Crippen LogP contribution in [0.5, 0.6) is 0 Å². The molecular formula is C20H27F3N2S. The predicted octanol–water partition coefficient (Wildman–Crippen LogP) is 5.35. The molecule has 26 heavy (non-hydrogen) atoms. The van der Waals surface area contributed by atoms with Gasteiger partial charge in [-0.2, -0.15) is 24.9 Å². The number of hydrogen-bond acceptors (Lipinski definition) is 3. The van der Waals surface area contributed by atoms with E-state index in [0.29, 0.717) is 17.4 Å². The minimum atomic E-state index is -4.30. The van der Waals surface area contributed by atoms with Crippen LogP contribution >= 0.6 is 11.8 Å². The summed E-state index contributed by atoms with van der Waals surface area (Å²) >= 11 is 2.10. The van der Waals surface area contributed by atoms with E-state index < -0.39 is 11.7 Å². The van der Waals surface area contributed by atoms with Gasteiger partial charge < -0.3 is 0 Å². The molecule has 0 amide bonds. The smallest absolute Gasteiger partial charge is 0.300 e. The zero-order valence-electron chi connectivity index (χ0n) is 15.1. The molecule has 6 heteroatoms. The summed E-state index contributed by atoms with van der Waals surface area (Å²) in [6.07, 6.45) is 5.19. The van der Waals surface area contributed by atoms with Crippen molar-refractivity contribution in [2.24, 2.45) is 5.41 Å². The highest BCUT2D eigenvalue weighted by Gasteiger charge is 2.41. The molecule has 3 aliphatic rings. The number of aromatic nitrogens is 1. The summed E-state index contributed by atoms with van der Waals surface area (Å²) in [7, 11) is 0. The Bertz CT molecular complexity index is 602. The molecule has 4 rings (SSSR count). The van der Waals surface area contributed by atoms with Crippen molar-refractivity contribution in [1.29, 1.82) is 0 Å². The van der Waals surface area contributed by atoms with E-state index in [1.807, 2.05) is 0 Å². The van der Waals surface area contributed by atoms with Gasteiger partial charge in [-0.15, -0.1) is 0 Å². The maximum absolute atomic E-state index is 12.7. The molecular weight excluding hydrogens is 357 g/mol. The van der Waals surface area contributed by atoms with Crippen LogP contribution in [0.25, 0.3) is 0 Å². The molecule has 1 aromatic heterocycles. The highest BCUT2D eigenvalue weighted by Crippen LogP contribution is 2.45. The zero-order valence-corrected chi connectivity index (χ0v) is 15.9. The van der Waals surface area contributed by atoms with Gasteiger partial charge in [0.15, 0.2) is 0 Å². The van der Waals surface area contributed by atoms with Crippen LogP contribution in [0.3, 0.4) is 0 Å². The van der Waals surface area contributed by atoms with Crippen LogP contribution in [0.2, 0.25) is 0 Å². The van der Waals surface area contributed by atoms with Gasteiger partial charge in [0.1, 0.15) is 0 Å². The van der Waals surface area contributed by atoms with Crippen molar-refractivity contribution in [3.63, 3.8) is 0 Å². The maximum Gasteiger partial charge on any atom is 0.417 e. The third-order valence-corrected chi connectivity index (χ3v) is 7.75. The summed E-state index contributed by atoms with van der Waals surface area (Å²) in [5, 5.41) is 0. The van der Waals surface area contributed by atoms with Crippen LogP contribution in [-0.4, -0.2) is 40.5 Å². The van der Waals surface area contributed by atoms with Crippen LogP contribution < -0.4 is 0 Å². The standard InChI is InChI=1S/C20H27F3N2S/c21-20(22,23)16-3-6-18(24-13-16)15-1-4-17(5-2-15)25-10-7-19(14-25)8-11-26-12-9-19/h3,6,13,15,17H,1-2,4-5,7-12,14H2. The molecule has 3 heterocycles. The van der Waals surface area contributed by atoms with Gasteiger partial charge in [0.05, 0.1) is 5.56 Å². The molecule has 0 aromatic carbocycles. The van der Waals surface area contributed by atoms with E-state index in [-0.39, 0.29) is 0 Å². The summed E-state index contributed by atoms with van der Waals surface area (Å²) in [5.41, 5.74) is 0.762. The fourth-order valence-corrected chi connectivity index (χ4v) is 6.40. The summed E-state index contributed by atoms with van der Waals surface area (Å²) in [5.74, 6) is 2.96. The van der Waals surface area contributed by atoms with E-state index in [9.17, 15) is 13.2 Å². The first-order valence-corrected chi connectivity index (χ1v) is 11.0. The molecule has 0 unspecified atom stereocenters. The normalized spacial score (nSPS) is 30.0. The average Bonchev–Trinajstić information content (AvgIpc) is 3.05. The monoisotopic (exact) mass is 384 g/mol. The van der Waals surface area contributed by atoms with Crippen molar-refractivity contribution < 1.29 is 13.2 Å². The molecule has 2 nitrogen and oxygen atoms in total. The van der Waals surface area contributed by atoms with Gasteiger partial charge in [0.2, 0.25) is 0 Å². The van der Waals surface area contributed by atoms with Crippen LogP contribution in [0.4, 0.5) is 13.2 Å². The number of pyridine rings is 1. The van der Waals surface area contributed by atoms with Crippen molar-refractivity contribution in [3.8, 4) is 0 Å². The van der Waals surface area contributed by atoms with E-state index in [4.69, 9.17) is 0 Å². The first-order valence-electron chi connectivity index (χ1n) is 9.80. The van der Waals surface area contributed by atoms with Crippen molar-refractivity contribution in [3.05, 3.63) is 29.6 Å². The van der Waals surface area contributed by atoms with Crippen LogP contribution in [-0.2, 0) is 6.18 Å². The Labute approximate surface area is 157 Å². The molecule has 2 aliphatic heterocycles. The second-order valence-electron chi connectivity index (χ2n) is 8.31. The van der Waals surface area contributed by atoms with E-state index in [0.717, 1.165) is 37.6 Å². The van der Waals surface area contributed by atoms with Crippen molar-refractivity contribution >= 4 is 11.8 Å². The lowest BCUT2D eigenvalue weighted by molar-refractivity contribution is -0.137. The van der Waals surface area contributed by atoms with Gasteiger partial charge in [-0.25, -0.2) is 0 Å². The quantitative estimate of drug-likeness (QED) is 0.684. The number of thioether (sulfide) groups is 1. The Kier molecular flexibility index (Phi) is 5.26. The van der Waals surface area contributed by atoms with E-state index in [1.54, 1.807) is 6.07 Å². The first kappa shape index (κ1) is 18.6. The van der Waals surface area contributed by atoms with Crippen molar-refractivity contribution in [2.75, 3.05) is 24.6 Å². The van der Waals surface area contributed by atoms with E-state index in [2.05, 4.69) is 21.6 Å². The van der Waals surface area contributed by atoms with Crippen LogP contribution in [0.1, 0.15) is 62.1 Å². The summed E-state index contributed by atoms with van der Waals surface area (Å²) < 4.78 is 38.1. The van der Waals surface area contributed by atoms with E-state index >= 15 is 0 Å². The number of halogens is 3. The van der Waals surface area contributed by atoms with Gasteiger partial charge in [-0.05, 0) is 80.5 Å². The third-order valence-electron chi connectivity index (χ3n) is 6.77. The maximum atomic E-state index is 12.7. The van der Waals surface area contributed by atoms with E-state index in [1.165, 1.54) is 49.9 Å². The average molecular weight is 385 g/mol. The lowest BCUT2D eigenvalue weighted by Gasteiger charge is -2.37. The fourth-order valence-electron chi connectivity index (χ4n) is 5.05. The third kappa shape index (κ3) is 3.91. The summed E-state index contributed by atoms with van der Waals surface area (Å²) in [6, 6.07) is 3.42. The van der Waals surface area contributed by atoms with Gasteiger partial charge in [-0.3, -0.25) is 9.88 Å². The van der Waals surface area contributed by atoms with Crippen molar-refractivity contribution in [1.82, 2.24) is 9.88 Å². The summed E-state index contributed by atoms with van der Waals surface area (Å²) in [6.45, 7) is 2.50. The SMILES string of the molecule is FC(F)(F)c1ccc(C2CCC(N3CCC4(CCSCC4)C3)CC2)nc1. The largest absolute Gasteiger partial charge is 0.417 e. The van der Waals surface area contributed by atoms with Gasteiger partial charge >= 0.3 is 6.18 Å². The second kappa shape index (κ2) is 7.34. The molecule has 3 fully saturated rings. The zero-order chi connectivity index (χ0) is 18.2. The molecule has 0 bridgehead atoms. The lowest BCUT2D eigenvalue weighted by Crippen LogP contribution is -2.38. The number of rotatable bonds is 2. The molecule has 2 saturated heterocycles. The van der Waals surface area contributed by atoms with Gasteiger partial charge in [0.25, 0.3) is 0 Å². The van der Waals surface area contributed by atoms with Gasteiger partial charge in [0, 0.05) is 30.4 Å². The minimum Gasteiger partial charge on any atom is -0.300 e. The Morgan fingerprint density at radius 3 is 2.38 bits per heavy atom.